The van der Waals surface area contributed by atoms with E-state index in [1.165, 1.54) is 12.5 Å². The maximum atomic E-state index is 12.9. The molecule has 1 aliphatic heterocycles. The number of benzene rings is 2. The zero-order chi connectivity index (χ0) is 17.1. The molecule has 0 bridgehead atoms. The van der Waals surface area contributed by atoms with Gasteiger partial charge in [0.25, 0.3) is 0 Å². The van der Waals surface area contributed by atoms with Gasteiger partial charge < -0.3 is 9.80 Å². The smallest absolute Gasteiger partial charge is 0.247 e. The van der Waals surface area contributed by atoms with Gasteiger partial charge in [-0.1, -0.05) is 30.3 Å². The third kappa shape index (κ3) is 3.32. The molecule has 124 valence electrons. The highest BCUT2D eigenvalue weighted by atomic mass is 16.2. The van der Waals surface area contributed by atoms with Crippen LogP contribution < -0.4 is 9.80 Å². The minimum atomic E-state index is -0.126. The molecule has 2 amide bonds. The van der Waals surface area contributed by atoms with E-state index in [2.05, 4.69) is 6.07 Å². The van der Waals surface area contributed by atoms with E-state index >= 15 is 0 Å². The van der Waals surface area contributed by atoms with Crippen molar-refractivity contribution in [3.63, 3.8) is 0 Å². The first-order valence-electron chi connectivity index (χ1n) is 8.29. The van der Waals surface area contributed by atoms with Crippen LogP contribution in [0.2, 0.25) is 0 Å². The Hall–Kier alpha value is -2.62. The lowest BCUT2D eigenvalue weighted by molar-refractivity contribution is -0.121. The van der Waals surface area contributed by atoms with Crippen LogP contribution in [0.3, 0.4) is 0 Å². The number of carbonyl (C=O) groups excluding carboxylic acids is 2. The van der Waals surface area contributed by atoms with E-state index in [1.54, 1.807) is 4.90 Å². The van der Waals surface area contributed by atoms with E-state index in [-0.39, 0.29) is 18.4 Å². The van der Waals surface area contributed by atoms with Gasteiger partial charge >= 0.3 is 0 Å². The third-order valence-electron chi connectivity index (χ3n) is 4.40. The second-order valence-electron chi connectivity index (χ2n) is 6.22. The van der Waals surface area contributed by atoms with Gasteiger partial charge in [-0.2, -0.15) is 0 Å². The number of amides is 2. The van der Waals surface area contributed by atoms with E-state index < -0.39 is 0 Å². The van der Waals surface area contributed by atoms with E-state index in [9.17, 15) is 9.59 Å². The van der Waals surface area contributed by atoms with E-state index in [0.717, 1.165) is 29.8 Å². The number of para-hydroxylation sites is 1. The van der Waals surface area contributed by atoms with Crippen LogP contribution in [0, 0.1) is 6.92 Å². The minimum absolute atomic E-state index is 0.0427. The summed E-state index contributed by atoms with van der Waals surface area (Å²) in [5.41, 5.74) is 4.00. The predicted octanol–water partition coefficient (Wildman–Crippen LogP) is 3.33. The Morgan fingerprint density at radius 1 is 1.12 bits per heavy atom. The maximum absolute atomic E-state index is 12.9. The Kier molecular flexibility index (Phi) is 4.65. The molecule has 0 fully saturated rings. The Bertz CT molecular complexity index is 770. The van der Waals surface area contributed by atoms with E-state index in [0.29, 0.717) is 6.54 Å². The van der Waals surface area contributed by atoms with Crippen molar-refractivity contribution in [3.05, 3.63) is 59.7 Å². The largest absolute Gasteiger partial charge is 0.311 e. The maximum Gasteiger partial charge on any atom is 0.247 e. The lowest BCUT2D eigenvalue weighted by Crippen LogP contribution is -2.44. The summed E-state index contributed by atoms with van der Waals surface area (Å²) >= 11 is 0. The summed E-state index contributed by atoms with van der Waals surface area (Å²) in [5.74, 6) is -0.168. The highest BCUT2D eigenvalue weighted by molar-refractivity contribution is 6.03. The number of rotatable bonds is 3. The van der Waals surface area contributed by atoms with Gasteiger partial charge in [0.05, 0.1) is 0 Å². The van der Waals surface area contributed by atoms with Gasteiger partial charge in [0, 0.05) is 24.8 Å². The molecular weight excluding hydrogens is 300 g/mol. The van der Waals surface area contributed by atoms with Crippen molar-refractivity contribution in [2.45, 2.75) is 26.7 Å². The number of anilines is 2. The fourth-order valence-corrected chi connectivity index (χ4v) is 3.19. The number of nitrogens with zero attached hydrogens (tertiary/aromatic N) is 2. The first kappa shape index (κ1) is 16.2. The molecule has 0 aromatic heterocycles. The molecule has 24 heavy (non-hydrogen) atoms. The topological polar surface area (TPSA) is 40.6 Å². The number of hydrogen-bond acceptors (Lipinski definition) is 2. The molecule has 0 saturated heterocycles. The van der Waals surface area contributed by atoms with Gasteiger partial charge in [-0.3, -0.25) is 9.59 Å². The first-order chi connectivity index (χ1) is 11.6. The van der Waals surface area contributed by atoms with Crippen molar-refractivity contribution in [3.8, 4) is 0 Å². The second-order valence-corrected chi connectivity index (χ2v) is 6.22. The molecule has 0 saturated carbocycles. The Balaban J connectivity index is 1.84. The molecule has 4 heteroatoms. The van der Waals surface area contributed by atoms with Crippen LogP contribution in [-0.4, -0.2) is 24.9 Å². The molecule has 0 unspecified atom stereocenters. The molecule has 3 rings (SSSR count). The van der Waals surface area contributed by atoms with Gasteiger partial charge in [0.15, 0.2) is 0 Å². The summed E-state index contributed by atoms with van der Waals surface area (Å²) in [6.45, 7) is 4.24. The van der Waals surface area contributed by atoms with Crippen molar-refractivity contribution in [1.29, 1.82) is 0 Å². The van der Waals surface area contributed by atoms with Gasteiger partial charge in [-0.05, 0) is 49.1 Å². The Morgan fingerprint density at radius 3 is 2.67 bits per heavy atom. The van der Waals surface area contributed by atoms with Crippen LogP contribution in [0.15, 0.2) is 48.5 Å². The molecule has 1 aliphatic rings. The summed E-state index contributed by atoms with van der Waals surface area (Å²) in [4.78, 5) is 28.3. The molecule has 0 N–H and O–H groups in total. The van der Waals surface area contributed by atoms with Crippen LogP contribution in [0.4, 0.5) is 11.4 Å². The lowest BCUT2D eigenvalue weighted by atomic mass is 10.0. The summed E-state index contributed by atoms with van der Waals surface area (Å²) < 4.78 is 0. The van der Waals surface area contributed by atoms with Crippen molar-refractivity contribution < 1.29 is 9.59 Å². The van der Waals surface area contributed by atoms with E-state index in [1.807, 2.05) is 54.3 Å². The highest BCUT2D eigenvalue weighted by Gasteiger charge is 2.25. The summed E-state index contributed by atoms with van der Waals surface area (Å²) in [7, 11) is 0. The van der Waals surface area contributed by atoms with E-state index in [4.69, 9.17) is 0 Å². The van der Waals surface area contributed by atoms with Crippen molar-refractivity contribution in [1.82, 2.24) is 0 Å². The number of aryl methyl sites for hydroxylation is 2. The fourth-order valence-electron chi connectivity index (χ4n) is 3.19. The summed E-state index contributed by atoms with van der Waals surface area (Å²) in [5, 5.41) is 0. The second kappa shape index (κ2) is 6.87. The molecule has 0 aliphatic carbocycles. The first-order valence-corrected chi connectivity index (χ1v) is 8.29. The van der Waals surface area contributed by atoms with Gasteiger partial charge in [0.1, 0.15) is 6.54 Å². The minimum Gasteiger partial charge on any atom is -0.311 e. The van der Waals surface area contributed by atoms with Gasteiger partial charge in [-0.15, -0.1) is 0 Å². The quantitative estimate of drug-likeness (QED) is 0.870. The molecule has 0 spiro atoms. The number of hydrogen-bond donors (Lipinski definition) is 0. The Morgan fingerprint density at radius 2 is 1.92 bits per heavy atom. The van der Waals surface area contributed by atoms with Crippen LogP contribution in [0.1, 0.15) is 24.5 Å². The monoisotopic (exact) mass is 322 g/mol. The van der Waals surface area contributed by atoms with Crippen LogP contribution in [0.5, 0.6) is 0 Å². The average molecular weight is 322 g/mol. The molecular formula is C20H22N2O2. The van der Waals surface area contributed by atoms with Crippen LogP contribution >= 0.6 is 0 Å². The standard InChI is InChI=1S/C20H22N2O2/c1-15-7-5-10-18(13-15)22(16(2)23)14-20(24)21-12-6-9-17-8-3-4-11-19(17)21/h3-5,7-8,10-11,13H,6,9,12,14H2,1-2H3. The highest BCUT2D eigenvalue weighted by Crippen LogP contribution is 2.27. The normalized spacial score (nSPS) is 13.3. The molecule has 1 heterocycles. The average Bonchev–Trinajstić information content (AvgIpc) is 2.58. The van der Waals surface area contributed by atoms with Gasteiger partial charge in [-0.25, -0.2) is 0 Å². The molecule has 4 nitrogen and oxygen atoms in total. The van der Waals surface area contributed by atoms with Crippen molar-refractivity contribution in [2.75, 3.05) is 22.9 Å². The zero-order valence-electron chi connectivity index (χ0n) is 14.2. The lowest BCUT2D eigenvalue weighted by Gasteiger charge is -2.31. The predicted molar refractivity (Wildman–Crippen MR) is 96.3 cm³/mol. The van der Waals surface area contributed by atoms with Crippen LogP contribution in [-0.2, 0) is 16.0 Å². The molecule has 0 atom stereocenters. The van der Waals surface area contributed by atoms with Crippen LogP contribution in [0.25, 0.3) is 0 Å². The van der Waals surface area contributed by atoms with Crippen molar-refractivity contribution >= 4 is 23.2 Å². The molecule has 0 radical (unpaired) electrons. The van der Waals surface area contributed by atoms with Gasteiger partial charge in [0.2, 0.25) is 11.8 Å². The summed E-state index contributed by atoms with van der Waals surface area (Å²) in [6, 6.07) is 15.7. The SMILES string of the molecule is CC(=O)N(CC(=O)N1CCCc2ccccc21)c1cccc(C)c1. The van der Waals surface area contributed by atoms with Crippen molar-refractivity contribution in [2.24, 2.45) is 0 Å². The number of carbonyl (C=O) groups is 2. The zero-order valence-corrected chi connectivity index (χ0v) is 14.2. The Labute approximate surface area is 142 Å². The number of fused-ring (bicyclic) bond motifs is 1. The molecule has 2 aromatic carbocycles. The molecule has 2 aromatic rings. The summed E-state index contributed by atoms with van der Waals surface area (Å²) in [6.07, 6.45) is 1.95. The fraction of sp³-hybridized carbons (Fsp3) is 0.300. The third-order valence-corrected chi connectivity index (χ3v) is 4.40.